The Bertz CT molecular complexity index is 353. The highest BCUT2D eigenvalue weighted by atomic mass is 35.5. The Balaban J connectivity index is 2.79. The number of unbranched alkanes of at least 4 members (excludes halogenated alkanes) is 1. The van der Waals surface area contributed by atoms with Gasteiger partial charge in [-0.1, -0.05) is 45.2 Å². The predicted molar refractivity (Wildman–Crippen MR) is 73.7 cm³/mol. The van der Waals surface area contributed by atoms with Gasteiger partial charge in [0.2, 0.25) is 0 Å². The molecule has 0 saturated carbocycles. The first kappa shape index (κ1) is 14.2. The lowest BCUT2D eigenvalue weighted by molar-refractivity contribution is 0.641. The summed E-state index contributed by atoms with van der Waals surface area (Å²) in [6.45, 7) is 8.59. The van der Waals surface area contributed by atoms with Crippen LogP contribution in [0.3, 0.4) is 0 Å². The van der Waals surface area contributed by atoms with Gasteiger partial charge in [0.15, 0.2) is 0 Å². The molecular formula is C13H22ClN3. The molecular weight excluding hydrogens is 234 g/mol. The molecule has 0 aliphatic heterocycles. The molecule has 17 heavy (non-hydrogen) atoms. The Morgan fingerprint density at radius 3 is 2.59 bits per heavy atom. The first-order chi connectivity index (χ1) is 8.06. The third-order valence-corrected chi connectivity index (χ3v) is 3.09. The summed E-state index contributed by atoms with van der Waals surface area (Å²) < 4.78 is 0. The van der Waals surface area contributed by atoms with E-state index in [-0.39, 0.29) is 0 Å². The fraction of sp³-hybridized carbons (Fsp3) is 0.692. The second-order valence-corrected chi connectivity index (χ2v) is 5.13. The van der Waals surface area contributed by atoms with E-state index in [1.54, 1.807) is 0 Å². The summed E-state index contributed by atoms with van der Waals surface area (Å²) in [7, 11) is 0. The number of nitrogens with one attached hydrogen (secondary N) is 1. The lowest BCUT2D eigenvalue weighted by Gasteiger charge is -2.18. The van der Waals surface area contributed by atoms with E-state index in [0.717, 1.165) is 17.8 Å². The molecule has 3 nitrogen and oxygen atoms in total. The third kappa shape index (κ3) is 4.15. The van der Waals surface area contributed by atoms with Crippen LogP contribution in [0.15, 0.2) is 6.33 Å². The molecule has 0 saturated heterocycles. The Morgan fingerprint density at radius 1 is 1.29 bits per heavy atom. The molecule has 1 atom stereocenters. The molecule has 0 aliphatic carbocycles. The molecule has 1 aromatic heterocycles. The zero-order chi connectivity index (χ0) is 12.8. The van der Waals surface area contributed by atoms with E-state index in [2.05, 4.69) is 43.0 Å². The fourth-order valence-electron chi connectivity index (χ4n) is 1.82. The summed E-state index contributed by atoms with van der Waals surface area (Å²) in [6, 6.07) is 0.415. The largest absolute Gasteiger partial charge is 0.367 e. The SMILES string of the molecule is CCCCC(C)Nc1ncnc(Cl)c1C(C)C. The lowest BCUT2D eigenvalue weighted by Crippen LogP contribution is -2.18. The van der Waals surface area contributed by atoms with Crippen molar-refractivity contribution in [3.8, 4) is 0 Å². The maximum absolute atomic E-state index is 6.12. The highest BCUT2D eigenvalue weighted by molar-refractivity contribution is 6.30. The van der Waals surface area contributed by atoms with Crippen molar-refractivity contribution in [1.29, 1.82) is 0 Å². The van der Waals surface area contributed by atoms with Gasteiger partial charge in [0.05, 0.1) is 0 Å². The van der Waals surface area contributed by atoms with Gasteiger partial charge in [-0.05, 0) is 19.3 Å². The Kier molecular flexibility index (Phi) is 5.69. The van der Waals surface area contributed by atoms with Crippen LogP contribution in [0.4, 0.5) is 5.82 Å². The molecule has 0 radical (unpaired) electrons. The van der Waals surface area contributed by atoms with Gasteiger partial charge in [-0.3, -0.25) is 0 Å². The van der Waals surface area contributed by atoms with E-state index in [0.29, 0.717) is 17.1 Å². The molecule has 1 aromatic rings. The molecule has 1 rings (SSSR count). The number of hydrogen-bond donors (Lipinski definition) is 1. The molecule has 0 bridgehead atoms. The fourth-order valence-corrected chi connectivity index (χ4v) is 2.17. The lowest BCUT2D eigenvalue weighted by atomic mass is 10.1. The highest BCUT2D eigenvalue weighted by Crippen LogP contribution is 2.28. The summed E-state index contributed by atoms with van der Waals surface area (Å²) in [6.07, 6.45) is 5.11. The van der Waals surface area contributed by atoms with Crippen LogP contribution in [0, 0.1) is 0 Å². The van der Waals surface area contributed by atoms with Crippen LogP contribution < -0.4 is 5.32 Å². The van der Waals surface area contributed by atoms with E-state index < -0.39 is 0 Å². The van der Waals surface area contributed by atoms with Gasteiger partial charge in [-0.15, -0.1) is 0 Å². The van der Waals surface area contributed by atoms with Gasteiger partial charge >= 0.3 is 0 Å². The molecule has 0 amide bonds. The second kappa shape index (κ2) is 6.80. The van der Waals surface area contributed by atoms with Crippen molar-refractivity contribution in [2.75, 3.05) is 5.32 Å². The first-order valence-electron chi connectivity index (χ1n) is 6.33. The predicted octanol–water partition coefficient (Wildman–Crippen LogP) is 4.24. The summed E-state index contributed by atoms with van der Waals surface area (Å²) >= 11 is 6.12. The van der Waals surface area contributed by atoms with Crippen LogP contribution in [0.25, 0.3) is 0 Å². The molecule has 0 fully saturated rings. The van der Waals surface area contributed by atoms with Gasteiger partial charge in [-0.25, -0.2) is 9.97 Å². The summed E-state index contributed by atoms with van der Waals surface area (Å²) in [5, 5.41) is 3.99. The number of aromatic nitrogens is 2. The van der Waals surface area contributed by atoms with Gasteiger partial charge in [-0.2, -0.15) is 0 Å². The Morgan fingerprint density at radius 2 is 2.00 bits per heavy atom. The smallest absolute Gasteiger partial charge is 0.138 e. The average molecular weight is 256 g/mol. The molecule has 0 spiro atoms. The van der Waals surface area contributed by atoms with Crippen molar-refractivity contribution in [1.82, 2.24) is 9.97 Å². The monoisotopic (exact) mass is 255 g/mol. The summed E-state index contributed by atoms with van der Waals surface area (Å²) in [5.74, 6) is 1.20. The maximum Gasteiger partial charge on any atom is 0.138 e. The van der Waals surface area contributed by atoms with Crippen molar-refractivity contribution in [2.45, 2.75) is 58.9 Å². The van der Waals surface area contributed by atoms with E-state index in [9.17, 15) is 0 Å². The molecule has 4 heteroatoms. The van der Waals surface area contributed by atoms with Gasteiger partial charge in [0, 0.05) is 11.6 Å². The molecule has 0 aliphatic rings. The zero-order valence-electron chi connectivity index (χ0n) is 11.1. The van der Waals surface area contributed by atoms with E-state index >= 15 is 0 Å². The minimum atomic E-state index is 0.324. The Hall–Kier alpha value is -0.830. The third-order valence-electron chi connectivity index (χ3n) is 2.79. The first-order valence-corrected chi connectivity index (χ1v) is 6.71. The summed E-state index contributed by atoms with van der Waals surface area (Å²) in [5.41, 5.74) is 1.01. The normalized spacial score (nSPS) is 12.8. The number of rotatable bonds is 6. The average Bonchev–Trinajstić information content (AvgIpc) is 2.25. The molecule has 96 valence electrons. The van der Waals surface area contributed by atoms with Crippen LogP contribution in [0.2, 0.25) is 5.15 Å². The van der Waals surface area contributed by atoms with Gasteiger partial charge in [0.1, 0.15) is 17.3 Å². The standard InChI is InChI=1S/C13H22ClN3/c1-5-6-7-10(4)17-13-11(9(2)3)12(14)15-8-16-13/h8-10H,5-7H2,1-4H3,(H,15,16,17). The van der Waals surface area contributed by atoms with Crippen LogP contribution >= 0.6 is 11.6 Å². The van der Waals surface area contributed by atoms with E-state index in [1.165, 1.54) is 19.2 Å². The quantitative estimate of drug-likeness (QED) is 0.773. The van der Waals surface area contributed by atoms with Crippen molar-refractivity contribution in [2.24, 2.45) is 0 Å². The minimum Gasteiger partial charge on any atom is -0.367 e. The highest BCUT2D eigenvalue weighted by Gasteiger charge is 2.14. The minimum absolute atomic E-state index is 0.324. The second-order valence-electron chi connectivity index (χ2n) is 4.77. The van der Waals surface area contributed by atoms with E-state index in [1.807, 2.05) is 0 Å². The zero-order valence-corrected chi connectivity index (χ0v) is 11.9. The molecule has 1 heterocycles. The van der Waals surface area contributed by atoms with E-state index in [4.69, 9.17) is 11.6 Å². The Labute approximate surface area is 109 Å². The van der Waals surface area contributed by atoms with Crippen LogP contribution in [-0.2, 0) is 0 Å². The molecule has 1 unspecified atom stereocenters. The maximum atomic E-state index is 6.12. The topological polar surface area (TPSA) is 37.8 Å². The van der Waals surface area contributed by atoms with Crippen LogP contribution in [0.1, 0.15) is 58.4 Å². The van der Waals surface area contributed by atoms with Crippen LogP contribution in [-0.4, -0.2) is 16.0 Å². The van der Waals surface area contributed by atoms with Gasteiger partial charge in [0.25, 0.3) is 0 Å². The number of halogens is 1. The molecule has 1 N–H and O–H groups in total. The molecule has 0 aromatic carbocycles. The van der Waals surface area contributed by atoms with Crippen molar-refractivity contribution < 1.29 is 0 Å². The van der Waals surface area contributed by atoms with Gasteiger partial charge < -0.3 is 5.32 Å². The number of hydrogen-bond acceptors (Lipinski definition) is 3. The summed E-state index contributed by atoms with van der Waals surface area (Å²) in [4.78, 5) is 8.35. The number of anilines is 1. The number of nitrogens with zero attached hydrogens (tertiary/aromatic N) is 2. The van der Waals surface area contributed by atoms with Crippen molar-refractivity contribution in [3.63, 3.8) is 0 Å². The van der Waals surface area contributed by atoms with Crippen molar-refractivity contribution in [3.05, 3.63) is 17.0 Å². The van der Waals surface area contributed by atoms with Crippen LogP contribution in [0.5, 0.6) is 0 Å². The van der Waals surface area contributed by atoms with Crippen molar-refractivity contribution >= 4 is 17.4 Å².